The van der Waals surface area contributed by atoms with Crippen molar-refractivity contribution in [2.75, 3.05) is 6.61 Å². The van der Waals surface area contributed by atoms with Gasteiger partial charge in [0.2, 0.25) is 0 Å². The van der Waals surface area contributed by atoms with Gasteiger partial charge in [0.25, 0.3) is 0 Å². The van der Waals surface area contributed by atoms with Crippen LogP contribution in [0.4, 0.5) is 0 Å². The number of imidazole rings is 1. The SMILES string of the molecule is Cc1c([C@H]2OCC[C@@H]2NCc2cn3ccccc3n2)cnn1C. The summed E-state index contributed by atoms with van der Waals surface area (Å²) in [6.07, 6.45) is 7.09. The van der Waals surface area contributed by atoms with Crippen LogP contribution < -0.4 is 5.32 Å². The Labute approximate surface area is 135 Å². The molecule has 4 heterocycles. The van der Waals surface area contributed by atoms with Crippen LogP contribution in [0.15, 0.2) is 36.8 Å². The summed E-state index contributed by atoms with van der Waals surface area (Å²) in [5, 5.41) is 7.94. The van der Waals surface area contributed by atoms with Gasteiger partial charge in [0.1, 0.15) is 11.8 Å². The normalized spacial score (nSPS) is 21.3. The molecular formula is C17H21N5O. The molecule has 0 aliphatic carbocycles. The van der Waals surface area contributed by atoms with Crippen molar-refractivity contribution < 1.29 is 4.74 Å². The monoisotopic (exact) mass is 311 g/mol. The summed E-state index contributed by atoms with van der Waals surface area (Å²) in [4.78, 5) is 4.64. The molecular weight excluding hydrogens is 290 g/mol. The Hall–Kier alpha value is -2.18. The van der Waals surface area contributed by atoms with Gasteiger partial charge in [0.15, 0.2) is 0 Å². The maximum Gasteiger partial charge on any atom is 0.137 e. The Bertz CT molecular complexity index is 788. The Kier molecular flexibility index (Phi) is 3.63. The minimum absolute atomic E-state index is 0.0701. The molecule has 6 heteroatoms. The first-order valence-electron chi connectivity index (χ1n) is 7.98. The third-order valence-electron chi connectivity index (χ3n) is 4.63. The molecule has 0 amide bonds. The zero-order valence-corrected chi connectivity index (χ0v) is 13.4. The summed E-state index contributed by atoms with van der Waals surface area (Å²) in [5.74, 6) is 0. The van der Waals surface area contributed by atoms with Gasteiger partial charge in [-0.05, 0) is 25.5 Å². The maximum absolute atomic E-state index is 5.95. The molecule has 23 heavy (non-hydrogen) atoms. The molecule has 1 N–H and O–H groups in total. The Morgan fingerprint density at radius 3 is 3.09 bits per heavy atom. The Balaban J connectivity index is 1.48. The van der Waals surface area contributed by atoms with E-state index in [2.05, 4.69) is 28.5 Å². The molecule has 0 unspecified atom stereocenters. The van der Waals surface area contributed by atoms with Crippen LogP contribution in [-0.4, -0.2) is 31.8 Å². The van der Waals surface area contributed by atoms with Gasteiger partial charge >= 0.3 is 0 Å². The first-order valence-corrected chi connectivity index (χ1v) is 7.98. The average Bonchev–Trinajstić information content (AvgIpc) is 3.25. The molecule has 1 aliphatic rings. The lowest BCUT2D eigenvalue weighted by atomic mass is 10.0. The van der Waals surface area contributed by atoms with Crippen molar-refractivity contribution in [3.63, 3.8) is 0 Å². The second-order valence-corrected chi connectivity index (χ2v) is 6.07. The van der Waals surface area contributed by atoms with Gasteiger partial charge in [-0.3, -0.25) is 4.68 Å². The Morgan fingerprint density at radius 2 is 2.30 bits per heavy atom. The molecule has 3 aromatic rings. The maximum atomic E-state index is 5.95. The van der Waals surface area contributed by atoms with Crippen LogP contribution in [0.1, 0.15) is 29.5 Å². The summed E-state index contributed by atoms with van der Waals surface area (Å²) in [7, 11) is 1.97. The largest absolute Gasteiger partial charge is 0.372 e. The lowest BCUT2D eigenvalue weighted by Crippen LogP contribution is -2.31. The van der Waals surface area contributed by atoms with Gasteiger partial charge in [-0.2, -0.15) is 5.10 Å². The van der Waals surface area contributed by atoms with Crippen LogP contribution in [0.25, 0.3) is 5.65 Å². The standard InChI is InChI=1S/C17H21N5O/c1-12-14(10-19-21(12)2)17-15(6-8-23-17)18-9-13-11-22-7-4-3-5-16(22)20-13/h3-5,7,10-11,15,17-18H,6,8-9H2,1-2H3/t15-,17+/m0/s1. The van der Waals surface area contributed by atoms with E-state index in [4.69, 9.17) is 4.74 Å². The van der Waals surface area contributed by atoms with Crippen LogP contribution >= 0.6 is 0 Å². The van der Waals surface area contributed by atoms with Gasteiger partial charge in [-0.25, -0.2) is 4.98 Å². The molecule has 0 spiro atoms. The summed E-state index contributed by atoms with van der Waals surface area (Å²) in [6.45, 7) is 3.61. The molecule has 0 radical (unpaired) electrons. The van der Waals surface area contributed by atoms with E-state index in [1.165, 1.54) is 5.56 Å². The van der Waals surface area contributed by atoms with Crippen molar-refractivity contribution in [2.45, 2.75) is 32.0 Å². The number of rotatable bonds is 4. The molecule has 1 aliphatic heterocycles. The quantitative estimate of drug-likeness (QED) is 0.800. The zero-order valence-electron chi connectivity index (χ0n) is 13.4. The molecule has 0 saturated carbocycles. The van der Waals surface area contributed by atoms with Crippen LogP contribution in [0.2, 0.25) is 0 Å². The second kappa shape index (κ2) is 5.79. The molecule has 3 aromatic heterocycles. The third kappa shape index (κ3) is 2.64. The van der Waals surface area contributed by atoms with E-state index in [9.17, 15) is 0 Å². The molecule has 120 valence electrons. The number of fused-ring (bicyclic) bond motifs is 1. The number of aryl methyl sites for hydroxylation is 1. The lowest BCUT2D eigenvalue weighted by Gasteiger charge is -2.19. The number of aromatic nitrogens is 4. The highest BCUT2D eigenvalue weighted by Gasteiger charge is 2.31. The van der Waals surface area contributed by atoms with Gasteiger partial charge in [0.05, 0.1) is 11.9 Å². The van der Waals surface area contributed by atoms with Crippen molar-refractivity contribution in [2.24, 2.45) is 7.05 Å². The predicted molar refractivity (Wildman–Crippen MR) is 87.1 cm³/mol. The fraction of sp³-hybridized carbons (Fsp3) is 0.412. The first-order chi connectivity index (χ1) is 11.2. The number of nitrogens with one attached hydrogen (secondary N) is 1. The van der Waals surface area contributed by atoms with Crippen LogP contribution in [0, 0.1) is 6.92 Å². The van der Waals surface area contributed by atoms with Crippen molar-refractivity contribution in [1.29, 1.82) is 0 Å². The highest BCUT2D eigenvalue weighted by Crippen LogP contribution is 2.31. The van der Waals surface area contributed by atoms with Crippen LogP contribution in [0.5, 0.6) is 0 Å². The fourth-order valence-corrected chi connectivity index (χ4v) is 3.21. The number of hydrogen-bond donors (Lipinski definition) is 1. The van der Waals surface area contributed by atoms with Gasteiger partial charge in [-0.1, -0.05) is 6.07 Å². The van der Waals surface area contributed by atoms with Crippen molar-refractivity contribution in [3.8, 4) is 0 Å². The van der Waals surface area contributed by atoms with Crippen LogP contribution in [-0.2, 0) is 18.3 Å². The summed E-state index contributed by atoms with van der Waals surface area (Å²) < 4.78 is 9.90. The van der Waals surface area contributed by atoms with E-state index in [1.54, 1.807) is 0 Å². The average molecular weight is 311 g/mol. The predicted octanol–water partition coefficient (Wildman–Crippen LogP) is 2.00. The fourth-order valence-electron chi connectivity index (χ4n) is 3.21. The minimum atomic E-state index is 0.0701. The van der Waals surface area contributed by atoms with Crippen molar-refractivity contribution in [1.82, 2.24) is 24.5 Å². The third-order valence-corrected chi connectivity index (χ3v) is 4.63. The molecule has 1 fully saturated rings. The Morgan fingerprint density at radius 1 is 1.39 bits per heavy atom. The van der Waals surface area contributed by atoms with E-state index in [1.807, 2.05) is 46.7 Å². The number of nitrogens with zero attached hydrogens (tertiary/aromatic N) is 4. The number of hydrogen-bond acceptors (Lipinski definition) is 4. The van der Waals surface area contributed by atoms with Crippen molar-refractivity contribution in [3.05, 3.63) is 53.7 Å². The van der Waals surface area contributed by atoms with E-state index in [-0.39, 0.29) is 6.10 Å². The first kappa shape index (κ1) is 14.4. The van der Waals surface area contributed by atoms with E-state index in [0.29, 0.717) is 6.04 Å². The van der Waals surface area contributed by atoms with Gasteiger partial charge in [-0.15, -0.1) is 0 Å². The molecule has 0 aromatic carbocycles. The highest BCUT2D eigenvalue weighted by atomic mass is 16.5. The van der Waals surface area contributed by atoms with E-state index in [0.717, 1.165) is 36.6 Å². The van der Waals surface area contributed by atoms with E-state index >= 15 is 0 Å². The molecule has 6 nitrogen and oxygen atoms in total. The summed E-state index contributed by atoms with van der Waals surface area (Å²) in [5.41, 5.74) is 4.37. The zero-order chi connectivity index (χ0) is 15.8. The topological polar surface area (TPSA) is 56.4 Å². The van der Waals surface area contributed by atoms with Gasteiger partial charge in [0, 0.05) is 49.9 Å². The number of ether oxygens (including phenoxy) is 1. The molecule has 1 saturated heterocycles. The lowest BCUT2D eigenvalue weighted by molar-refractivity contribution is 0.0978. The molecule has 2 atom stereocenters. The van der Waals surface area contributed by atoms with Crippen LogP contribution in [0.3, 0.4) is 0 Å². The summed E-state index contributed by atoms with van der Waals surface area (Å²) in [6, 6.07) is 6.33. The second-order valence-electron chi connectivity index (χ2n) is 6.07. The number of pyridine rings is 1. The van der Waals surface area contributed by atoms with Gasteiger partial charge < -0.3 is 14.5 Å². The minimum Gasteiger partial charge on any atom is -0.372 e. The highest BCUT2D eigenvalue weighted by molar-refractivity contribution is 5.39. The van der Waals surface area contributed by atoms with Crippen molar-refractivity contribution >= 4 is 5.65 Å². The smallest absolute Gasteiger partial charge is 0.137 e. The van der Waals surface area contributed by atoms with E-state index < -0.39 is 0 Å². The summed E-state index contributed by atoms with van der Waals surface area (Å²) >= 11 is 0. The molecule has 0 bridgehead atoms. The molecule has 4 rings (SSSR count).